The fraction of sp³-hybridized carbons (Fsp3) is 0.560. The number of likely N-dealkylation sites (tertiary alicyclic amines) is 1. The zero-order valence-electron chi connectivity index (χ0n) is 19.8. The lowest BCUT2D eigenvalue weighted by molar-refractivity contribution is -0.141. The zero-order chi connectivity index (χ0) is 24.9. The van der Waals surface area contributed by atoms with E-state index in [1.54, 1.807) is 12.3 Å². The molecule has 0 aromatic carbocycles. The number of aromatic nitrogens is 2. The van der Waals surface area contributed by atoms with Crippen LogP contribution in [0.4, 0.5) is 0 Å². The number of Topliss-reactive ketones (excluding diaryl/α,β-unsaturated/α-hetero) is 1. The molecule has 2 aromatic heterocycles. The number of carbonyl (C=O) groups excluding carboxylic acids is 3. The first-order chi connectivity index (χ1) is 16.9. The molecule has 1 saturated heterocycles. The Morgan fingerprint density at radius 3 is 2.74 bits per heavy atom. The number of hydrogen-bond donors (Lipinski definition) is 2. The molecule has 1 aliphatic heterocycles. The van der Waals surface area contributed by atoms with Gasteiger partial charge in [-0.2, -0.15) is 10.2 Å². The van der Waals surface area contributed by atoms with Crippen LogP contribution in [-0.2, 0) is 16.0 Å². The molecule has 3 unspecified atom stereocenters. The lowest BCUT2D eigenvalue weighted by atomic mass is 9.83. The summed E-state index contributed by atoms with van der Waals surface area (Å²) in [6.07, 6.45) is 7.54. The van der Waals surface area contributed by atoms with Gasteiger partial charge in [0.2, 0.25) is 5.91 Å². The van der Waals surface area contributed by atoms with Gasteiger partial charge >= 0.3 is 0 Å². The lowest BCUT2D eigenvalue weighted by Crippen LogP contribution is -2.55. The normalized spacial score (nSPS) is 21.6. The molecular weight excluding hydrogens is 488 g/mol. The molecule has 2 fully saturated rings. The Morgan fingerprint density at radius 2 is 2.03 bits per heavy atom. The molecule has 188 valence electrons. The fourth-order valence-corrected chi connectivity index (χ4v) is 6.22. The number of hydrogen-bond acceptors (Lipinski definition) is 7. The Hall–Kier alpha value is -2.36. The summed E-state index contributed by atoms with van der Waals surface area (Å²) in [6, 6.07) is 4.11. The number of aliphatic hydroxyl groups excluding tert-OH is 1. The lowest BCUT2D eigenvalue weighted by Gasteiger charge is -2.34. The Balaban J connectivity index is 1.55. The number of halogens is 1. The molecule has 2 aliphatic rings. The number of aliphatic hydroxyl groups is 1. The summed E-state index contributed by atoms with van der Waals surface area (Å²) in [6.45, 7) is 1.60. The van der Waals surface area contributed by atoms with Gasteiger partial charge in [0, 0.05) is 17.0 Å². The van der Waals surface area contributed by atoms with Crippen LogP contribution in [0, 0.1) is 5.92 Å². The van der Waals surface area contributed by atoms with Crippen molar-refractivity contribution >= 4 is 40.5 Å². The molecule has 0 radical (unpaired) electrons. The molecular formula is C25H31ClN4O4S. The molecule has 35 heavy (non-hydrogen) atoms. The van der Waals surface area contributed by atoms with Gasteiger partial charge in [-0.25, -0.2) is 0 Å². The maximum absolute atomic E-state index is 13.7. The third kappa shape index (κ3) is 5.90. The predicted octanol–water partition coefficient (Wildman–Crippen LogP) is 3.22. The molecule has 1 saturated carbocycles. The molecule has 3 atom stereocenters. The summed E-state index contributed by atoms with van der Waals surface area (Å²) < 4.78 is 0. The summed E-state index contributed by atoms with van der Waals surface area (Å²) >= 11 is 7.64. The van der Waals surface area contributed by atoms with Gasteiger partial charge in [-0.3, -0.25) is 14.4 Å². The number of amides is 2. The van der Waals surface area contributed by atoms with Crippen molar-refractivity contribution in [3.8, 4) is 10.4 Å². The molecule has 2 aromatic rings. The topological polar surface area (TPSA) is 112 Å². The van der Waals surface area contributed by atoms with Gasteiger partial charge < -0.3 is 15.3 Å². The average Bonchev–Trinajstić information content (AvgIpc) is 3.54. The summed E-state index contributed by atoms with van der Waals surface area (Å²) in [7, 11) is 0. The first kappa shape index (κ1) is 25.7. The highest BCUT2D eigenvalue weighted by molar-refractivity contribution is 7.17. The van der Waals surface area contributed by atoms with Crippen LogP contribution in [0.5, 0.6) is 0 Å². The maximum atomic E-state index is 13.7. The first-order valence-electron chi connectivity index (χ1n) is 12.2. The van der Waals surface area contributed by atoms with Crippen molar-refractivity contribution in [3.05, 3.63) is 35.0 Å². The maximum Gasteiger partial charge on any atom is 0.262 e. The second-order valence-electron chi connectivity index (χ2n) is 9.27. The first-order valence-corrected chi connectivity index (χ1v) is 13.5. The minimum absolute atomic E-state index is 0.00426. The van der Waals surface area contributed by atoms with Gasteiger partial charge in [0.05, 0.1) is 28.2 Å². The van der Waals surface area contributed by atoms with Crippen molar-refractivity contribution in [2.75, 3.05) is 13.2 Å². The Labute approximate surface area is 214 Å². The van der Waals surface area contributed by atoms with E-state index >= 15 is 0 Å². The number of rotatable bonds is 8. The molecule has 3 heterocycles. The molecule has 0 spiro atoms. The van der Waals surface area contributed by atoms with Gasteiger partial charge in [0.25, 0.3) is 5.91 Å². The van der Waals surface area contributed by atoms with Crippen molar-refractivity contribution < 1.29 is 19.5 Å². The highest BCUT2D eigenvalue weighted by atomic mass is 35.5. The number of nitrogens with one attached hydrogen (secondary N) is 1. The third-order valence-corrected chi connectivity index (χ3v) is 8.37. The SMILES string of the molecule is CCc1cc(-c2ccc(C(=O)NC(C(=O)N3CC(Cl)CC3C(=O)CO)C3CCCCC3)s2)cnn1. The monoisotopic (exact) mass is 518 g/mol. The van der Waals surface area contributed by atoms with E-state index in [4.69, 9.17) is 11.6 Å². The molecule has 2 N–H and O–H groups in total. The van der Waals surface area contributed by atoms with E-state index in [2.05, 4.69) is 15.5 Å². The van der Waals surface area contributed by atoms with E-state index in [1.807, 2.05) is 19.1 Å². The van der Waals surface area contributed by atoms with Gasteiger partial charge in [-0.15, -0.1) is 22.9 Å². The largest absolute Gasteiger partial charge is 0.389 e. The van der Waals surface area contributed by atoms with Crippen LogP contribution in [0.15, 0.2) is 24.4 Å². The number of nitrogens with zero attached hydrogens (tertiary/aromatic N) is 3. The molecule has 4 rings (SSSR count). The predicted molar refractivity (Wildman–Crippen MR) is 134 cm³/mol. The summed E-state index contributed by atoms with van der Waals surface area (Å²) in [5.41, 5.74) is 1.77. The second kappa shape index (κ2) is 11.6. The summed E-state index contributed by atoms with van der Waals surface area (Å²) in [5.74, 6) is -1.02. The van der Waals surface area contributed by atoms with Crippen molar-refractivity contribution in [2.45, 2.75) is 69.3 Å². The smallest absolute Gasteiger partial charge is 0.262 e. The molecule has 2 amide bonds. The molecule has 10 heteroatoms. The van der Waals surface area contributed by atoms with Crippen molar-refractivity contribution in [1.82, 2.24) is 20.4 Å². The summed E-state index contributed by atoms with van der Waals surface area (Å²) in [4.78, 5) is 42.1. The van der Waals surface area contributed by atoms with E-state index in [9.17, 15) is 19.5 Å². The number of carbonyl (C=O) groups is 3. The van der Waals surface area contributed by atoms with Crippen LogP contribution < -0.4 is 5.32 Å². The van der Waals surface area contributed by atoms with Gasteiger partial charge in [0.15, 0.2) is 5.78 Å². The van der Waals surface area contributed by atoms with Crippen LogP contribution in [0.1, 0.15) is 60.8 Å². The van der Waals surface area contributed by atoms with Crippen LogP contribution in [0.2, 0.25) is 0 Å². The van der Waals surface area contributed by atoms with Crippen LogP contribution in [-0.4, -0.2) is 68.4 Å². The van der Waals surface area contributed by atoms with Crippen LogP contribution in [0.25, 0.3) is 10.4 Å². The Morgan fingerprint density at radius 1 is 1.26 bits per heavy atom. The van der Waals surface area contributed by atoms with E-state index in [1.165, 1.54) is 16.2 Å². The Kier molecular flexibility index (Phi) is 8.51. The molecule has 1 aliphatic carbocycles. The second-order valence-corrected chi connectivity index (χ2v) is 11.0. The Bertz CT molecular complexity index is 1070. The van der Waals surface area contributed by atoms with E-state index in [-0.39, 0.29) is 29.7 Å². The van der Waals surface area contributed by atoms with Gasteiger partial charge in [0.1, 0.15) is 12.6 Å². The summed E-state index contributed by atoms with van der Waals surface area (Å²) in [5, 5.41) is 20.2. The van der Waals surface area contributed by atoms with Crippen LogP contribution >= 0.6 is 22.9 Å². The number of ketones is 1. The standard InChI is InChI=1S/C25H31ClN4O4S/c1-2-18-10-16(12-27-29-18)21-8-9-22(35-21)24(33)28-23(15-6-4-3-5-7-15)25(34)30-13-17(26)11-19(30)20(32)14-31/h8-10,12,15,17,19,23,31H,2-7,11,13-14H2,1H3,(H,28,33). The van der Waals surface area contributed by atoms with E-state index < -0.39 is 24.5 Å². The van der Waals surface area contributed by atoms with Crippen molar-refractivity contribution in [3.63, 3.8) is 0 Å². The molecule has 0 bridgehead atoms. The molecule has 8 nitrogen and oxygen atoms in total. The highest BCUT2D eigenvalue weighted by Gasteiger charge is 2.43. The van der Waals surface area contributed by atoms with Crippen molar-refractivity contribution in [1.29, 1.82) is 0 Å². The van der Waals surface area contributed by atoms with E-state index in [0.29, 0.717) is 11.3 Å². The van der Waals surface area contributed by atoms with Crippen molar-refractivity contribution in [2.24, 2.45) is 5.92 Å². The number of thiophene rings is 1. The van der Waals surface area contributed by atoms with Gasteiger partial charge in [-0.05, 0) is 49.8 Å². The average molecular weight is 519 g/mol. The van der Waals surface area contributed by atoms with Crippen LogP contribution in [0.3, 0.4) is 0 Å². The fourth-order valence-electron chi connectivity index (χ4n) is 5.01. The highest BCUT2D eigenvalue weighted by Crippen LogP contribution is 2.32. The minimum atomic E-state index is -0.752. The quantitative estimate of drug-likeness (QED) is 0.519. The third-order valence-electron chi connectivity index (χ3n) is 6.92. The van der Waals surface area contributed by atoms with Gasteiger partial charge in [-0.1, -0.05) is 26.2 Å². The zero-order valence-corrected chi connectivity index (χ0v) is 21.4. The number of aryl methyl sites for hydroxylation is 1. The van der Waals surface area contributed by atoms with E-state index in [0.717, 1.165) is 54.7 Å². The number of alkyl halides is 1. The minimum Gasteiger partial charge on any atom is -0.389 e.